The molecule has 0 fully saturated rings. The fourth-order valence-electron chi connectivity index (χ4n) is 2.04. The van der Waals surface area contributed by atoms with Crippen molar-refractivity contribution in [1.29, 1.82) is 0 Å². The standard InChI is InChI=1S/C15H18N2/c1-10-8-12(3)13(9-11(10)2)15(16)14-6-4-5-7-17-14/h4-9,15H,16H2,1-3H3. The average Bonchev–Trinajstić information content (AvgIpc) is 2.34. The highest BCUT2D eigenvalue weighted by molar-refractivity contribution is 5.40. The molecule has 1 aromatic heterocycles. The number of nitrogens with zero attached hydrogens (tertiary/aromatic N) is 1. The fourth-order valence-corrected chi connectivity index (χ4v) is 2.04. The van der Waals surface area contributed by atoms with Crippen LogP contribution in [-0.4, -0.2) is 4.98 Å². The number of rotatable bonds is 2. The number of hydrogen-bond acceptors (Lipinski definition) is 2. The SMILES string of the molecule is Cc1cc(C)c(C(N)c2ccccn2)cc1C. The van der Waals surface area contributed by atoms with E-state index >= 15 is 0 Å². The minimum atomic E-state index is -0.143. The van der Waals surface area contributed by atoms with Gasteiger partial charge >= 0.3 is 0 Å². The van der Waals surface area contributed by atoms with Crippen LogP contribution in [0.15, 0.2) is 36.5 Å². The monoisotopic (exact) mass is 226 g/mol. The highest BCUT2D eigenvalue weighted by Crippen LogP contribution is 2.24. The predicted molar refractivity (Wildman–Crippen MR) is 70.9 cm³/mol. The molecular formula is C15H18N2. The van der Waals surface area contributed by atoms with Crippen LogP contribution in [0.5, 0.6) is 0 Å². The van der Waals surface area contributed by atoms with Crippen LogP contribution in [0.4, 0.5) is 0 Å². The second-order valence-electron chi connectivity index (χ2n) is 4.53. The van der Waals surface area contributed by atoms with E-state index in [4.69, 9.17) is 5.73 Å². The van der Waals surface area contributed by atoms with Gasteiger partial charge in [0.1, 0.15) is 0 Å². The molecule has 0 amide bonds. The van der Waals surface area contributed by atoms with E-state index in [1.165, 1.54) is 16.7 Å². The largest absolute Gasteiger partial charge is 0.319 e. The topological polar surface area (TPSA) is 38.9 Å². The van der Waals surface area contributed by atoms with E-state index in [2.05, 4.69) is 37.9 Å². The van der Waals surface area contributed by atoms with Gasteiger partial charge in [0.15, 0.2) is 0 Å². The first-order chi connectivity index (χ1) is 8.09. The summed E-state index contributed by atoms with van der Waals surface area (Å²) in [5.74, 6) is 0. The molecule has 0 aliphatic carbocycles. The smallest absolute Gasteiger partial charge is 0.0729 e. The number of aromatic nitrogens is 1. The summed E-state index contributed by atoms with van der Waals surface area (Å²) in [6.07, 6.45) is 1.78. The molecule has 0 spiro atoms. The zero-order chi connectivity index (χ0) is 12.4. The van der Waals surface area contributed by atoms with Gasteiger partial charge in [0.25, 0.3) is 0 Å². The Bertz CT molecular complexity index is 518. The summed E-state index contributed by atoms with van der Waals surface area (Å²) in [4.78, 5) is 4.32. The maximum Gasteiger partial charge on any atom is 0.0729 e. The Labute approximate surface area is 103 Å². The minimum Gasteiger partial charge on any atom is -0.319 e. The lowest BCUT2D eigenvalue weighted by atomic mass is 9.94. The van der Waals surface area contributed by atoms with Crippen molar-refractivity contribution in [2.75, 3.05) is 0 Å². The van der Waals surface area contributed by atoms with Gasteiger partial charge in [-0.15, -0.1) is 0 Å². The molecule has 0 aliphatic heterocycles. The highest BCUT2D eigenvalue weighted by atomic mass is 14.8. The van der Waals surface area contributed by atoms with E-state index in [-0.39, 0.29) is 6.04 Å². The van der Waals surface area contributed by atoms with E-state index in [1.54, 1.807) is 6.20 Å². The molecule has 2 aromatic rings. The van der Waals surface area contributed by atoms with Crippen molar-refractivity contribution in [3.63, 3.8) is 0 Å². The molecule has 1 heterocycles. The summed E-state index contributed by atoms with van der Waals surface area (Å²) in [7, 11) is 0. The van der Waals surface area contributed by atoms with Gasteiger partial charge in [0.05, 0.1) is 11.7 Å². The highest BCUT2D eigenvalue weighted by Gasteiger charge is 2.13. The fraction of sp³-hybridized carbons (Fsp3) is 0.267. The van der Waals surface area contributed by atoms with E-state index in [9.17, 15) is 0 Å². The number of pyridine rings is 1. The second-order valence-corrected chi connectivity index (χ2v) is 4.53. The van der Waals surface area contributed by atoms with Crippen LogP contribution in [0.2, 0.25) is 0 Å². The van der Waals surface area contributed by atoms with E-state index in [0.717, 1.165) is 11.3 Å². The third kappa shape index (κ3) is 2.37. The molecule has 1 aromatic carbocycles. The average molecular weight is 226 g/mol. The molecule has 17 heavy (non-hydrogen) atoms. The van der Waals surface area contributed by atoms with Gasteiger partial charge in [0.2, 0.25) is 0 Å². The quantitative estimate of drug-likeness (QED) is 0.854. The Hall–Kier alpha value is -1.67. The molecule has 2 rings (SSSR count). The number of benzene rings is 1. The van der Waals surface area contributed by atoms with Crippen LogP contribution in [0.1, 0.15) is 34.0 Å². The lowest BCUT2D eigenvalue weighted by molar-refractivity contribution is 0.819. The molecule has 2 N–H and O–H groups in total. The number of aryl methyl sites for hydroxylation is 3. The van der Waals surface area contributed by atoms with Gasteiger partial charge in [-0.2, -0.15) is 0 Å². The van der Waals surface area contributed by atoms with Crippen molar-refractivity contribution in [2.24, 2.45) is 5.73 Å². The van der Waals surface area contributed by atoms with E-state index in [0.29, 0.717) is 0 Å². The van der Waals surface area contributed by atoms with Gasteiger partial charge in [0, 0.05) is 6.20 Å². The summed E-state index contributed by atoms with van der Waals surface area (Å²) < 4.78 is 0. The van der Waals surface area contributed by atoms with E-state index < -0.39 is 0 Å². The van der Waals surface area contributed by atoms with Crippen molar-refractivity contribution in [3.8, 4) is 0 Å². The van der Waals surface area contributed by atoms with E-state index in [1.807, 2.05) is 18.2 Å². The Morgan fingerprint density at radius 3 is 2.35 bits per heavy atom. The Morgan fingerprint density at radius 2 is 1.71 bits per heavy atom. The Balaban J connectivity index is 2.44. The molecular weight excluding hydrogens is 208 g/mol. The first-order valence-corrected chi connectivity index (χ1v) is 5.84. The van der Waals surface area contributed by atoms with Crippen LogP contribution in [0.25, 0.3) is 0 Å². The number of nitrogens with two attached hydrogens (primary N) is 1. The van der Waals surface area contributed by atoms with Crippen molar-refractivity contribution in [2.45, 2.75) is 26.8 Å². The molecule has 0 saturated heterocycles. The predicted octanol–water partition coefficient (Wildman–Crippen LogP) is 3.05. The lowest BCUT2D eigenvalue weighted by Gasteiger charge is -2.16. The maximum atomic E-state index is 6.27. The minimum absolute atomic E-state index is 0.143. The molecule has 1 unspecified atom stereocenters. The van der Waals surface area contributed by atoms with Gasteiger partial charge < -0.3 is 5.73 Å². The molecule has 1 atom stereocenters. The van der Waals surface area contributed by atoms with Crippen molar-refractivity contribution < 1.29 is 0 Å². The van der Waals surface area contributed by atoms with Gasteiger partial charge in [-0.25, -0.2) is 0 Å². The molecule has 0 bridgehead atoms. The molecule has 2 nitrogen and oxygen atoms in total. The zero-order valence-corrected chi connectivity index (χ0v) is 10.6. The van der Waals surface area contributed by atoms with Gasteiger partial charge in [-0.05, 0) is 55.2 Å². The lowest BCUT2D eigenvalue weighted by Crippen LogP contribution is -2.15. The van der Waals surface area contributed by atoms with Gasteiger partial charge in [-0.3, -0.25) is 4.98 Å². The zero-order valence-electron chi connectivity index (χ0n) is 10.6. The van der Waals surface area contributed by atoms with Crippen molar-refractivity contribution in [3.05, 3.63) is 64.5 Å². The first-order valence-electron chi connectivity index (χ1n) is 5.84. The molecule has 0 aliphatic rings. The van der Waals surface area contributed by atoms with Crippen LogP contribution < -0.4 is 5.73 Å². The van der Waals surface area contributed by atoms with Crippen LogP contribution in [0.3, 0.4) is 0 Å². The molecule has 0 saturated carbocycles. The molecule has 2 heteroatoms. The molecule has 0 radical (unpaired) electrons. The summed E-state index contributed by atoms with van der Waals surface area (Å²) in [5, 5.41) is 0. The maximum absolute atomic E-state index is 6.27. The van der Waals surface area contributed by atoms with Crippen LogP contribution in [-0.2, 0) is 0 Å². The Kier molecular flexibility index (Phi) is 3.25. The second kappa shape index (κ2) is 4.68. The van der Waals surface area contributed by atoms with Crippen LogP contribution in [0, 0.1) is 20.8 Å². The molecule has 88 valence electrons. The van der Waals surface area contributed by atoms with Gasteiger partial charge in [-0.1, -0.05) is 18.2 Å². The summed E-state index contributed by atoms with van der Waals surface area (Å²) in [6.45, 7) is 6.34. The third-order valence-corrected chi connectivity index (χ3v) is 3.22. The summed E-state index contributed by atoms with van der Waals surface area (Å²) in [5.41, 5.74) is 12.2. The van der Waals surface area contributed by atoms with Crippen molar-refractivity contribution in [1.82, 2.24) is 4.98 Å². The summed E-state index contributed by atoms with van der Waals surface area (Å²) in [6, 6.07) is 10.1. The van der Waals surface area contributed by atoms with Crippen molar-refractivity contribution >= 4 is 0 Å². The first kappa shape index (κ1) is 11.8. The summed E-state index contributed by atoms with van der Waals surface area (Å²) >= 11 is 0. The third-order valence-electron chi connectivity index (χ3n) is 3.22. The normalized spacial score (nSPS) is 12.5. The van der Waals surface area contributed by atoms with Crippen LogP contribution >= 0.6 is 0 Å². The Morgan fingerprint density at radius 1 is 1.00 bits per heavy atom. The number of hydrogen-bond donors (Lipinski definition) is 1.